The van der Waals surface area contributed by atoms with E-state index in [1.54, 1.807) is 26.5 Å². The van der Waals surface area contributed by atoms with Gasteiger partial charge in [-0.2, -0.15) is 14.7 Å². The number of halogens is 1. The van der Waals surface area contributed by atoms with Gasteiger partial charge in [-0.1, -0.05) is 0 Å². The third-order valence-corrected chi connectivity index (χ3v) is 5.86. The number of carbonyl (C=O) groups excluding carboxylic acids is 2. The van der Waals surface area contributed by atoms with Crippen LogP contribution in [0, 0.1) is 0 Å². The first-order valence-electron chi connectivity index (χ1n) is 8.62. The molecule has 5 heterocycles. The highest BCUT2D eigenvalue weighted by Gasteiger charge is 2.42. The molecule has 0 spiro atoms. The zero-order valence-electron chi connectivity index (χ0n) is 14.8. The van der Waals surface area contributed by atoms with E-state index in [1.807, 2.05) is 18.1 Å². The minimum Gasteiger partial charge on any atom is -0.383 e. The fourth-order valence-corrected chi connectivity index (χ4v) is 4.17. The first-order valence-corrected chi connectivity index (χ1v) is 9.41. The minimum atomic E-state index is -0.532. The second-order valence-corrected chi connectivity index (χ2v) is 7.57. The molecule has 0 aliphatic carbocycles. The number of anilines is 2. The molecule has 2 aliphatic rings. The number of aromatic nitrogens is 5. The molecule has 3 aromatic rings. The minimum absolute atomic E-state index is 0.291. The Morgan fingerprint density at radius 3 is 2.82 bits per heavy atom. The number of nitrogens with two attached hydrogens (primary N) is 1. The van der Waals surface area contributed by atoms with E-state index in [4.69, 9.17) is 10.7 Å². The number of imide groups is 1. The smallest absolute Gasteiger partial charge is 0.324 e. The summed E-state index contributed by atoms with van der Waals surface area (Å²) < 4.78 is 3.87. The maximum Gasteiger partial charge on any atom is 0.324 e. The fraction of sp³-hybridized carbons (Fsp3) is 0.312. The lowest BCUT2D eigenvalue weighted by Crippen LogP contribution is -2.53. The van der Waals surface area contributed by atoms with Gasteiger partial charge in [0.05, 0.1) is 12.4 Å². The number of carbonyl (C=O) groups is 2. The molecule has 3 amide bonds. The average molecular weight is 446 g/mol. The van der Waals surface area contributed by atoms with E-state index in [-0.39, 0.29) is 11.9 Å². The summed E-state index contributed by atoms with van der Waals surface area (Å²) in [6.07, 6.45) is 5.32. The van der Waals surface area contributed by atoms with Crippen molar-refractivity contribution in [3.8, 4) is 11.1 Å². The van der Waals surface area contributed by atoms with Crippen molar-refractivity contribution in [2.75, 3.05) is 30.3 Å². The molecular formula is C16H16BrN9O2. The highest BCUT2D eigenvalue weighted by atomic mass is 79.9. The summed E-state index contributed by atoms with van der Waals surface area (Å²) in [5.74, 6) is 0.729. The zero-order chi connectivity index (χ0) is 19.6. The number of hydrogen-bond donors (Lipinski definition) is 2. The molecule has 0 aromatic carbocycles. The van der Waals surface area contributed by atoms with Crippen LogP contribution in [-0.2, 0) is 11.8 Å². The Kier molecular flexibility index (Phi) is 3.59. The number of piperazine rings is 1. The van der Waals surface area contributed by atoms with Crippen molar-refractivity contribution in [3.63, 3.8) is 0 Å². The summed E-state index contributed by atoms with van der Waals surface area (Å²) in [6.45, 7) is 1.31. The Bertz CT molecular complexity index is 1140. The molecule has 12 heteroatoms. The van der Waals surface area contributed by atoms with E-state index in [9.17, 15) is 9.59 Å². The van der Waals surface area contributed by atoms with Gasteiger partial charge in [-0.3, -0.25) is 14.8 Å². The van der Waals surface area contributed by atoms with Crippen LogP contribution < -0.4 is 16.0 Å². The van der Waals surface area contributed by atoms with Crippen LogP contribution in [0.15, 0.2) is 23.1 Å². The maximum absolute atomic E-state index is 12.1. The lowest BCUT2D eigenvalue weighted by Gasteiger charge is -2.36. The van der Waals surface area contributed by atoms with Crippen LogP contribution in [0.3, 0.4) is 0 Å². The van der Waals surface area contributed by atoms with E-state index in [1.165, 1.54) is 0 Å². The van der Waals surface area contributed by atoms with Gasteiger partial charge in [-0.15, -0.1) is 0 Å². The standard InChI is InChI=1S/C16H16BrN9O2/c1-23-6-8(4-19-23)9-5-20-26-12(18)11(17)14(21-13(9)26)24-2-3-25-10(7-24)15(27)22-16(25)28/h4-6,10H,2-3,7,18H2,1H3,(H,22,27,28). The van der Waals surface area contributed by atoms with Crippen molar-refractivity contribution in [2.24, 2.45) is 7.05 Å². The van der Waals surface area contributed by atoms with Gasteiger partial charge < -0.3 is 15.5 Å². The summed E-state index contributed by atoms with van der Waals surface area (Å²) in [5.41, 5.74) is 8.58. The molecule has 5 rings (SSSR count). The summed E-state index contributed by atoms with van der Waals surface area (Å²) in [5, 5.41) is 10.9. The number of nitrogens with one attached hydrogen (secondary N) is 1. The molecule has 2 aliphatic heterocycles. The first-order chi connectivity index (χ1) is 13.4. The van der Waals surface area contributed by atoms with Crippen molar-refractivity contribution < 1.29 is 9.59 Å². The molecule has 28 heavy (non-hydrogen) atoms. The van der Waals surface area contributed by atoms with Crippen molar-refractivity contribution in [3.05, 3.63) is 23.1 Å². The SMILES string of the molecule is Cn1cc(-c2cnn3c(N)c(Br)c(N4CCN5C(=O)NC(=O)C5C4)nc23)cn1. The summed E-state index contributed by atoms with van der Waals surface area (Å²) >= 11 is 3.52. The van der Waals surface area contributed by atoms with E-state index in [0.717, 1.165) is 11.1 Å². The van der Waals surface area contributed by atoms with Crippen LogP contribution in [0.1, 0.15) is 0 Å². The number of hydrogen-bond acceptors (Lipinski definition) is 7. The van der Waals surface area contributed by atoms with Crippen molar-refractivity contribution in [2.45, 2.75) is 6.04 Å². The molecule has 0 bridgehead atoms. The molecule has 1 unspecified atom stereocenters. The Balaban J connectivity index is 1.59. The van der Waals surface area contributed by atoms with Crippen LogP contribution in [0.4, 0.5) is 16.4 Å². The van der Waals surface area contributed by atoms with Crippen molar-refractivity contribution in [1.29, 1.82) is 0 Å². The van der Waals surface area contributed by atoms with Gasteiger partial charge in [0.2, 0.25) is 0 Å². The van der Waals surface area contributed by atoms with Gasteiger partial charge in [0.15, 0.2) is 5.65 Å². The Morgan fingerprint density at radius 2 is 2.07 bits per heavy atom. The molecule has 2 saturated heterocycles. The zero-order valence-corrected chi connectivity index (χ0v) is 16.4. The average Bonchev–Trinajstić information content (AvgIpc) is 3.36. The van der Waals surface area contributed by atoms with Crippen LogP contribution in [0.5, 0.6) is 0 Å². The molecule has 2 fully saturated rings. The molecule has 0 saturated carbocycles. The highest BCUT2D eigenvalue weighted by molar-refractivity contribution is 9.10. The molecule has 3 N–H and O–H groups in total. The van der Waals surface area contributed by atoms with Gasteiger partial charge >= 0.3 is 6.03 Å². The lowest BCUT2D eigenvalue weighted by atomic mass is 10.2. The van der Waals surface area contributed by atoms with Gasteiger partial charge in [0.25, 0.3) is 5.91 Å². The second-order valence-electron chi connectivity index (χ2n) is 6.78. The van der Waals surface area contributed by atoms with E-state index in [0.29, 0.717) is 41.4 Å². The van der Waals surface area contributed by atoms with E-state index >= 15 is 0 Å². The van der Waals surface area contributed by atoms with Crippen molar-refractivity contribution in [1.82, 2.24) is 34.6 Å². The second kappa shape index (κ2) is 5.92. The molecule has 11 nitrogen and oxygen atoms in total. The predicted molar refractivity (Wildman–Crippen MR) is 104 cm³/mol. The quantitative estimate of drug-likeness (QED) is 0.539. The summed E-state index contributed by atoms with van der Waals surface area (Å²) in [7, 11) is 1.84. The summed E-state index contributed by atoms with van der Waals surface area (Å²) in [4.78, 5) is 32.2. The molecule has 3 aromatic heterocycles. The third-order valence-electron chi connectivity index (χ3n) is 5.09. The van der Waals surface area contributed by atoms with E-state index < -0.39 is 6.04 Å². The largest absolute Gasteiger partial charge is 0.383 e. The first kappa shape index (κ1) is 17.0. The normalized spacial score (nSPS) is 19.4. The van der Waals surface area contributed by atoms with Gasteiger partial charge in [0, 0.05) is 44.0 Å². The molecule has 1 atom stereocenters. The van der Waals surface area contributed by atoms with Gasteiger partial charge in [0.1, 0.15) is 22.2 Å². The van der Waals surface area contributed by atoms with Crippen molar-refractivity contribution >= 4 is 45.2 Å². The number of rotatable bonds is 2. The number of aryl methyl sites for hydroxylation is 1. The predicted octanol–water partition coefficient (Wildman–Crippen LogP) is 0.215. The highest BCUT2D eigenvalue weighted by Crippen LogP contribution is 2.35. The topological polar surface area (TPSA) is 127 Å². The number of amides is 3. The fourth-order valence-electron chi connectivity index (χ4n) is 3.66. The molecule has 0 radical (unpaired) electrons. The molecule has 144 valence electrons. The maximum atomic E-state index is 12.1. The van der Waals surface area contributed by atoms with Gasteiger partial charge in [-0.25, -0.2) is 9.78 Å². The number of fused-ring (bicyclic) bond motifs is 2. The number of urea groups is 1. The van der Waals surface area contributed by atoms with E-state index in [2.05, 4.69) is 31.4 Å². The lowest BCUT2D eigenvalue weighted by molar-refractivity contribution is -0.121. The number of nitrogens with zero attached hydrogens (tertiary/aromatic N) is 7. The van der Waals surface area contributed by atoms with Crippen LogP contribution >= 0.6 is 15.9 Å². The Morgan fingerprint density at radius 1 is 1.25 bits per heavy atom. The third kappa shape index (κ3) is 2.37. The monoisotopic (exact) mass is 445 g/mol. The van der Waals surface area contributed by atoms with Crippen LogP contribution in [0.2, 0.25) is 0 Å². The van der Waals surface area contributed by atoms with Crippen LogP contribution in [-0.4, -0.2) is 66.9 Å². The number of nitrogen functional groups attached to an aromatic ring is 1. The Labute approximate surface area is 167 Å². The van der Waals surface area contributed by atoms with Gasteiger partial charge in [-0.05, 0) is 15.9 Å². The summed E-state index contributed by atoms with van der Waals surface area (Å²) in [6, 6.07) is -0.874. The Hall–Kier alpha value is -3.15. The van der Waals surface area contributed by atoms with Crippen LogP contribution in [0.25, 0.3) is 16.8 Å². The molecular weight excluding hydrogens is 430 g/mol.